The second-order valence-corrected chi connectivity index (χ2v) is 4.49. The van der Waals surface area contributed by atoms with Gasteiger partial charge in [0.2, 0.25) is 5.92 Å². The Bertz CT molecular complexity index is 168. The van der Waals surface area contributed by atoms with Crippen molar-refractivity contribution in [3.05, 3.63) is 0 Å². The van der Waals surface area contributed by atoms with E-state index in [-0.39, 0.29) is 12.8 Å². The van der Waals surface area contributed by atoms with Gasteiger partial charge in [-0.3, -0.25) is 0 Å². The van der Waals surface area contributed by atoms with Gasteiger partial charge in [-0.15, -0.1) is 0 Å². The number of hydrogen-bond donors (Lipinski definition) is 1. The maximum atomic E-state index is 12.8. The van der Waals surface area contributed by atoms with E-state index in [2.05, 4.69) is 0 Å². The molecule has 0 saturated heterocycles. The van der Waals surface area contributed by atoms with Crippen LogP contribution in [0.3, 0.4) is 0 Å². The highest BCUT2D eigenvalue weighted by Crippen LogP contribution is 2.42. The van der Waals surface area contributed by atoms with E-state index >= 15 is 0 Å². The average molecular weight is 177 g/mol. The monoisotopic (exact) mass is 177 g/mol. The highest BCUT2D eigenvalue weighted by Gasteiger charge is 2.46. The number of alkyl halides is 2. The molecular weight excluding hydrogens is 160 g/mol. The summed E-state index contributed by atoms with van der Waals surface area (Å²) in [7, 11) is 0. The first-order chi connectivity index (χ1) is 5.33. The predicted molar refractivity (Wildman–Crippen MR) is 45.2 cm³/mol. The van der Waals surface area contributed by atoms with Crippen LogP contribution < -0.4 is 5.73 Å². The standard InChI is InChI=1S/C9H17F2N/c1-7(2)5-8(12)3-4-9(10,11)6-8/h7H,3-6,12H2,1-2H3. The second-order valence-electron chi connectivity index (χ2n) is 4.49. The molecule has 1 aliphatic rings. The van der Waals surface area contributed by atoms with Crippen LogP contribution in [-0.2, 0) is 0 Å². The zero-order chi connectivity index (χ0) is 9.41. The molecule has 1 aliphatic carbocycles. The van der Waals surface area contributed by atoms with Gasteiger partial charge in [-0.05, 0) is 18.8 Å². The minimum atomic E-state index is -2.51. The molecule has 12 heavy (non-hydrogen) atoms. The molecule has 0 aliphatic heterocycles. The summed E-state index contributed by atoms with van der Waals surface area (Å²) < 4.78 is 25.6. The first kappa shape index (κ1) is 9.90. The lowest BCUT2D eigenvalue weighted by atomic mass is 9.88. The van der Waals surface area contributed by atoms with Crippen LogP contribution >= 0.6 is 0 Å². The van der Waals surface area contributed by atoms with E-state index in [0.29, 0.717) is 18.8 Å². The molecule has 1 unspecified atom stereocenters. The van der Waals surface area contributed by atoms with E-state index in [4.69, 9.17) is 5.73 Å². The SMILES string of the molecule is CC(C)CC1(N)CCC(F)(F)C1. The Labute approximate surface area is 72.3 Å². The van der Waals surface area contributed by atoms with E-state index in [0.717, 1.165) is 0 Å². The molecule has 0 aromatic carbocycles. The summed E-state index contributed by atoms with van der Waals surface area (Å²) in [6, 6.07) is 0. The van der Waals surface area contributed by atoms with Gasteiger partial charge in [0.25, 0.3) is 0 Å². The Morgan fingerprint density at radius 3 is 2.25 bits per heavy atom. The summed E-state index contributed by atoms with van der Waals surface area (Å²) in [4.78, 5) is 0. The molecule has 1 fully saturated rings. The van der Waals surface area contributed by atoms with Crippen molar-refractivity contribution in [1.29, 1.82) is 0 Å². The molecule has 0 amide bonds. The lowest BCUT2D eigenvalue weighted by molar-refractivity contribution is 0.00214. The molecule has 0 aromatic rings. The van der Waals surface area contributed by atoms with Gasteiger partial charge in [-0.2, -0.15) is 0 Å². The smallest absolute Gasteiger partial charge is 0.250 e. The fourth-order valence-electron chi connectivity index (χ4n) is 2.11. The van der Waals surface area contributed by atoms with Crippen molar-refractivity contribution in [2.75, 3.05) is 0 Å². The molecule has 1 rings (SSSR count). The van der Waals surface area contributed by atoms with Crippen molar-refractivity contribution in [2.45, 2.75) is 51.0 Å². The molecule has 72 valence electrons. The Hall–Kier alpha value is -0.180. The summed E-state index contributed by atoms with van der Waals surface area (Å²) in [5, 5.41) is 0. The Balaban J connectivity index is 2.53. The lowest BCUT2D eigenvalue weighted by Crippen LogP contribution is -2.39. The molecule has 1 saturated carbocycles. The molecule has 0 aromatic heterocycles. The molecule has 0 heterocycles. The molecule has 0 radical (unpaired) electrons. The predicted octanol–water partition coefficient (Wildman–Crippen LogP) is 2.55. The van der Waals surface area contributed by atoms with Crippen molar-refractivity contribution < 1.29 is 8.78 Å². The fraction of sp³-hybridized carbons (Fsp3) is 1.00. The number of nitrogens with two attached hydrogens (primary N) is 1. The summed E-state index contributed by atoms with van der Waals surface area (Å²) in [6.07, 6.45) is 1.02. The van der Waals surface area contributed by atoms with E-state index in [9.17, 15) is 8.78 Å². The van der Waals surface area contributed by atoms with Crippen LogP contribution in [0, 0.1) is 5.92 Å². The second kappa shape index (κ2) is 2.95. The largest absolute Gasteiger partial charge is 0.325 e. The van der Waals surface area contributed by atoms with Crippen molar-refractivity contribution in [2.24, 2.45) is 11.7 Å². The van der Waals surface area contributed by atoms with Crippen LogP contribution in [0.25, 0.3) is 0 Å². The van der Waals surface area contributed by atoms with Crippen LogP contribution in [0.15, 0.2) is 0 Å². The first-order valence-electron chi connectivity index (χ1n) is 4.50. The molecule has 3 heteroatoms. The van der Waals surface area contributed by atoms with Gasteiger partial charge >= 0.3 is 0 Å². The number of hydrogen-bond acceptors (Lipinski definition) is 1. The van der Waals surface area contributed by atoms with Gasteiger partial charge in [-0.1, -0.05) is 13.8 Å². The van der Waals surface area contributed by atoms with Crippen molar-refractivity contribution in [1.82, 2.24) is 0 Å². The Morgan fingerprint density at radius 2 is 1.92 bits per heavy atom. The highest BCUT2D eigenvalue weighted by atomic mass is 19.3. The fourth-order valence-corrected chi connectivity index (χ4v) is 2.11. The molecule has 2 N–H and O–H groups in total. The van der Waals surface area contributed by atoms with Crippen LogP contribution in [0.2, 0.25) is 0 Å². The minimum Gasteiger partial charge on any atom is -0.325 e. The number of rotatable bonds is 2. The Morgan fingerprint density at radius 1 is 1.33 bits per heavy atom. The normalized spacial score (nSPS) is 34.5. The van der Waals surface area contributed by atoms with Crippen LogP contribution in [0.1, 0.15) is 39.5 Å². The lowest BCUT2D eigenvalue weighted by Gasteiger charge is -2.25. The number of halogens is 2. The zero-order valence-corrected chi connectivity index (χ0v) is 7.74. The molecule has 0 bridgehead atoms. The van der Waals surface area contributed by atoms with E-state index in [1.54, 1.807) is 0 Å². The highest BCUT2D eigenvalue weighted by molar-refractivity contribution is 4.97. The third kappa shape index (κ3) is 2.41. The quantitative estimate of drug-likeness (QED) is 0.689. The molecule has 1 nitrogen and oxygen atoms in total. The third-order valence-corrected chi connectivity index (χ3v) is 2.41. The van der Waals surface area contributed by atoms with Gasteiger partial charge in [0.05, 0.1) is 0 Å². The van der Waals surface area contributed by atoms with Gasteiger partial charge < -0.3 is 5.73 Å². The summed E-state index contributed by atoms with van der Waals surface area (Å²) >= 11 is 0. The zero-order valence-electron chi connectivity index (χ0n) is 7.74. The minimum absolute atomic E-state index is 0.0315. The van der Waals surface area contributed by atoms with Gasteiger partial charge in [0.1, 0.15) is 0 Å². The average Bonchev–Trinajstić information content (AvgIpc) is 2.03. The summed E-state index contributed by atoms with van der Waals surface area (Å²) in [5.74, 6) is -2.10. The maximum absolute atomic E-state index is 12.8. The molecule has 0 spiro atoms. The first-order valence-corrected chi connectivity index (χ1v) is 4.50. The summed E-state index contributed by atoms with van der Waals surface area (Å²) in [5.41, 5.74) is 5.26. The van der Waals surface area contributed by atoms with Crippen LogP contribution in [0.4, 0.5) is 8.78 Å². The third-order valence-electron chi connectivity index (χ3n) is 2.41. The van der Waals surface area contributed by atoms with Gasteiger partial charge in [-0.25, -0.2) is 8.78 Å². The maximum Gasteiger partial charge on any atom is 0.250 e. The van der Waals surface area contributed by atoms with E-state index in [1.807, 2.05) is 13.8 Å². The van der Waals surface area contributed by atoms with Crippen molar-refractivity contribution in [3.63, 3.8) is 0 Å². The Kier molecular flexibility index (Phi) is 2.43. The van der Waals surface area contributed by atoms with Gasteiger partial charge in [0.15, 0.2) is 0 Å². The van der Waals surface area contributed by atoms with Gasteiger partial charge in [0, 0.05) is 18.4 Å². The van der Waals surface area contributed by atoms with Crippen molar-refractivity contribution >= 4 is 0 Å². The van der Waals surface area contributed by atoms with E-state index in [1.165, 1.54) is 0 Å². The summed E-state index contributed by atoms with van der Waals surface area (Å²) in [6.45, 7) is 4.04. The van der Waals surface area contributed by atoms with Crippen molar-refractivity contribution in [3.8, 4) is 0 Å². The van der Waals surface area contributed by atoms with E-state index < -0.39 is 11.5 Å². The molecular formula is C9H17F2N. The van der Waals surface area contributed by atoms with Crippen LogP contribution in [0.5, 0.6) is 0 Å². The topological polar surface area (TPSA) is 26.0 Å². The van der Waals surface area contributed by atoms with Crippen LogP contribution in [-0.4, -0.2) is 11.5 Å². The molecule has 1 atom stereocenters.